The normalized spacial score (nSPS) is 22.0. The number of hydrogen-bond acceptors (Lipinski definition) is 3. The van der Waals surface area contributed by atoms with Crippen molar-refractivity contribution in [1.29, 1.82) is 0 Å². The fourth-order valence-electron chi connectivity index (χ4n) is 3.62. The summed E-state index contributed by atoms with van der Waals surface area (Å²) in [7, 11) is 1.16. The van der Waals surface area contributed by atoms with Gasteiger partial charge in [0.15, 0.2) is 5.96 Å². The topological polar surface area (TPSA) is 56.7 Å². The lowest BCUT2D eigenvalue weighted by Gasteiger charge is -2.30. The minimum atomic E-state index is -0.673. The molecule has 0 amide bonds. The molecule has 0 radical (unpaired) electrons. The van der Waals surface area contributed by atoms with Gasteiger partial charge in [0.2, 0.25) is 0 Å². The second-order valence-electron chi connectivity index (χ2n) is 6.99. The maximum Gasteiger partial charge on any atom is 0.191 e. The fraction of sp³-hybridized carbons (Fsp3) is 0.947. The van der Waals surface area contributed by atoms with Crippen LogP contribution >= 0.6 is 24.0 Å². The summed E-state index contributed by atoms with van der Waals surface area (Å²) in [5, 5.41) is 7.35. The van der Waals surface area contributed by atoms with Crippen molar-refractivity contribution in [2.45, 2.75) is 77.0 Å². The molecule has 0 spiro atoms. The first-order valence-corrected chi connectivity index (χ1v) is 11.6. The minimum Gasteiger partial charge on any atom is -0.356 e. The van der Waals surface area contributed by atoms with Crippen LogP contribution in [0.1, 0.15) is 65.7 Å². The average Bonchev–Trinajstić information content (AvgIpc) is 2.64. The second kappa shape index (κ2) is 16.1. The van der Waals surface area contributed by atoms with E-state index in [2.05, 4.69) is 34.4 Å². The molecule has 1 aliphatic carbocycles. The zero-order chi connectivity index (χ0) is 18.5. The summed E-state index contributed by atoms with van der Waals surface area (Å²) in [5.74, 6) is 1.67. The maximum atomic E-state index is 12.1. The van der Waals surface area contributed by atoms with Crippen LogP contribution in [0.3, 0.4) is 0 Å². The van der Waals surface area contributed by atoms with Gasteiger partial charge in [0, 0.05) is 41.4 Å². The Balaban J connectivity index is 0.00000625. The molecule has 0 aromatic rings. The van der Waals surface area contributed by atoms with Gasteiger partial charge in [-0.25, -0.2) is 0 Å². The van der Waals surface area contributed by atoms with Gasteiger partial charge in [-0.3, -0.25) is 9.20 Å². The lowest BCUT2D eigenvalue weighted by molar-refractivity contribution is 0.271. The molecular weight excluding hydrogens is 459 g/mol. The Morgan fingerprint density at radius 1 is 1.15 bits per heavy atom. The van der Waals surface area contributed by atoms with Gasteiger partial charge >= 0.3 is 0 Å². The molecule has 0 aliphatic heterocycles. The van der Waals surface area contributed by atoms with E-state index in [0.29, 0.717) is 11.3 Å². The van der Waals surface area contributed by atoms with E-state index in [1.54, 1.807) is 0 Å². The van der Waals surface area contributed by atoms with Crippen molar-refractivity contribution in [3.63, 3.8) is 0 Å². The van der Waals surface area contributed by atoms with Crippen LogP contribution < -0.4 is 10.6 Å². The molecule has 0 aromatic carbocycles. The summed E-state index contributed by atoms with van der Waals surface area (Å²) in [6.45, 7) is 11.0. The van der Waals surface area contributed by atoms with Gasteiger partial charge in [0.05, 0.1) is 0 Å². The first kappa shape index (κ1) is 26.1. The fourth-order valence-corrected chi connectivity index (χ4v) is 4.96. The molecule has 1 rings (SSSR count). The summed E-state index contributed by atoms with van der Waals surface area (Å²) in [6.07, 6.45) is 8.00. The van der Waals surface area contributed by atoms with Gasteiger partial charge in [0.25, 0.3) is 0 Å². The van der Waals surface area contributed by atoms with Crippen LogP contribution in [0.5, 0.6) is 0 Å². The molecule has 7 heteroatoms. The minimum absolute atomic E-state index is 0. The van der Waals surface area contributed by atoms with E-state index in [-0.39, 0.29) is 24.0 Å². The zero-order valence-electron chi connectivity index (χ0n) is 17.3. The predicted molar refractivity (Wildman–Crippen MR) is 126 cm³/mol. The van der Waals surface area contributed by atoms with E-state index < -0.39 is 10.8 Å². The predicted octanol–water partition coefficient (Wildman–Crippen LogP) is 3.36. The van der Waals surface area contributed by atoms with Gasteiger partial charge in [-0.2, -0.15) is 0 Å². The van der Waals surface area contributed by atoms with Crippen LogP contribution in [0.4, 0.5) is 0 Å². The molecule has 1 aliphatic rings. The summed E-state index contributed by atoms with van der Waals surface area (Å²) < 4.78 is 12.1. The number of nitrogens with zero attached hydrogens (tertiary/aromatic N) is 2. The van der Waals surface area contributed by atoms with Crippen LogP contribution in [-0.2, 0) is 10.8 Å². The van der Waals surface area contributed by atoms with E-state index in [0.717, 1.165) is 56.9 Å². The summed E-state index contributed by atoms with van der Waals surface area (Å²) in [4.78, 5) is 6.91. The number of aliphatic imine (C=N–C) groups is 1. The molecule has 0 heterocycles. The lowest BCUT2D eigenvalue weighted by Crippen LogP contribution is -2.47. The Kier molecular flexibility index (Phi) is 16.2. The summed E-state index contributed by atoms with van der Waals surface area (Å²) in [6, 6.07) is 0.400. The Hall–Kier alpha value is 0.110. The average molecular weight is 501 g/mol. The zero-order valence-corrected chi connectivity index (χ0v) is 20.4. The third-order valence-electron chi connectivity index (χ3n) is 4.87. The van der Waals surface area contributed by atoms with Crippen LogP contribution in [-0.4, -0.2) is 65.3 Å². The first-order valence-electron chi connectivity index (χ1n) is 10.2. The molecule has 26 heavy (non-hydrogen) atoms. The number of hydrogen-bond donors (Lipinski definition) is 2. The molecule has 1 saturated carbocycles. The Morgan fingerprint density at radius 3 is 2.42 bits per heavy atom. The first-order chi connectivity index (χ1) is 12.1. The number of rotatable bonds is 11. The molecule has 0 bridgehead atoms. The molecule has 0 saturated heterocycles. The molecule has 3 unspecified atom stereocenters. The monoisotopic (exact) mass is 500 g/mol. The lowest BCUT2D eigenvalue weighted by atomic mass is 9.95. The Morgan fingerprint density at radius 2 is 1.85 bits per heavy atom. The quantitative estimate of drug-likeness (QED) is 0.198. The Bertz CT molecular complexity index is 403. The van der Waals surface area contributed by atoms with Gasteiger partial charge in [-0.15, -0.1) is 24.0 Å². The summed E-state index contributed by atoms with van der Waals surface area (Å²) in [5.41, 5.74) is 0. The van der Waals surface area contributed by atoms with E-state index in [4.69, 9.17) is 0 Å². The van der Waals surface area contributed by atoms with Crippen LogP contribution in [0.2, 0.25) is 0 Å². The van der Waals surface area contributed by atoms with Crippen molar-refractivity contribution in [1.82, 2.24) is 15.5 Å². The highest BCUT2D eigenvalue weighted by Gasteiger charge is 2.25. The van der Waals surface area contributed by atoms with Crippen LogP contribution in [0, 0.1) is 0 Å². The molecule has 3 atom stereocenters. The SMILES string of the molecule is CCCN(CCC)CCCNC(=NC)NC1CCCC(S(=O)CC)C1.I. The summed E-state index contributed by atoms with van der Waals surface area (Å²) >= 11 is 0. The smallest absolute Gasteiger partial charge is 0.191 e. The van der Waals surface area contributed by atoms with Crippen molar-refractivity contribution in [2.75, 3.05) is 39.0 Å². The number of halogens is 1. The highest BCUT2D eigenvalue weighted by Crippen LogP contribution is 2.22. The van der Waals surface area contributed by atoms with E-state index >= 15 is 0 Å². The molecule has 5 nitrogen and oxygen atoms in total. The van der Waals surface area contributed by atoms with Gasteiger partial charge < -0.3 is 15.5 Å². The third kappa shape index (κ3) is 10.4. The second-order valence-corrected chi connectivity index (χ2v) is 9.00. The van der Waals surface area contributed by atoms with E-state index in [1.807, 2.05) is 14.0 Å². The molecule has 1 fully saturated rings. The third-order valence-corrected chi connectivity index (χ3v) is 6.61. The highest BCUT2D eigenvalue weighted by atomic mass is 127. The molecule has 2 N–H and O–H groups in total. The van der Waals surface area contributed by atoms with E-state index in [9.17, 15) is 4.21 Å². The van der Waals surface area contributed by atoms with Crippen molar-refractivity contribution in [3.05, 3.63) is 0 Å². The van der Waals surface area contributed by atoms with Gasteiger partial charge in [-0.1, -0.05) is 27.2 Å². The molecule has 156 valence electrons. The van der Waals surface area contributed by atoms with Crippen molar-refractivity contribution >= 4 is 40.7 Å². The van der Waals surface area contributed by atoms with Gasteiger partial charge in [-0.05, 0) is 58.2 Å². The number of guanidine groups is 1. The van der Waals surface area contributed by atoms with Crippen molar-refractivity contribution in [2.24, 2.45) is 4.99 Å². The molecular formula is C19H41IN4OS. The number of nitrogens with one attached hydrogen (secondary N) is 2. The molecule has 0 aromatic heterocycles. The standard InChI is InChI=1S/C19H40N4OS.HI/c1-5-13-23(14-6-2)15-9-12-21-19(20-4)22-17-10-8-11-18(16-17)25(24)7-3;/h17-18H,5-16H2,1-4H3,(H2,20,21,22);1H. The van der Waals surface area contributed by atoms with Crippen LogP contribution in [0.25, 0.3) is 0 Å². The Labute approximate surface area is 181 Å². The largest absolute Gasteiger partial charge is 0.356 e. The van der Waals surface area contributed by atoms with E-state index in [1.165, 1.54) is 25.9 Å². The maximum absolute atomic E-state index is 12.1. The van der Waals surface area contributed by atoms with Crippen molar-refractivity contribution in [3.8, 4) is 0 Å². The highest BCUT2D eigenvalue weighted by molar-refractivity contribution is 14.0. The van der Waals surface area contributed by atoms with Crippen LogP contribution in [0.15, 0.2) is 4.99 Å². The van der Waals surface area contributed by atoms with Crippen molar-refractivity contribution < 1.29 is 4.21 Å². The van der Waals surface area contributed by atoms with Gasteiger partial charge in [0.1, 0.15) is 0 Å².